The van der Waals surface area contributed by atoms with E-state index in [9.17, 15) is 4.79 Å². The van der Waals surface area contributed by atoms with Crippen molar-refractivity contribution in [1.82, 2.24) is 5.32 Å². The summed E-state index contributed by atoms with van der Waals surface area (Å²) >= 11 is 3.28. The molecule has 2 N–H and O–H groups in total. The highest BCUT2D eigenvalue weighted by molar-refractivity contribution is 9.10. The zero-order chi connectivity index (χ0) is 11.3. The second-order valence-electron chi connectivity index (χ2n) is 2.83. The van der Waals surface area contributed by atoms with Crippen molar-refractivity contribution in [1.29, 1.82) is 0 Å². The van der Waals surface area contributed by atoms with E-state index in [0.29, 0.717) is 11.0 Å². The summed E-state index contributed by atoms with van der Waals surface area (Å²) in [6.45, 7) is 0.604. The van der Waals surface area contributed by atoms with Crippen molar-refractivity contribution < 1.29 is 9.90 Å². The average Bonchev–Trinajstić information content (AvgIpc) is 2.20. The second kappa shape index (κ2) is 5.54. The fourth-order valence-corrected chi connectivity index (χ4v) is 1.46. The Labute approximate surface area is 96.6 Å². The monoisotopic (exact) mass is 267 g/mol. The predicted octanol–water partition coefficient (Wildman–Crippen LogP) is 1.72. The summed E-state index contributed by atoms with van der Waals surface area (Å²) in [6, 6.07) is 4.78. The minimum absolute atomic E-state index is 0.251. The molecule has 1 aromatic carbocycles. The van der Waals surface area contributed by atoms with Gasteiger partial charge in [-0.25, -0.2) is 4.79 Å². The number of carbonyl (C=O) groups is 1. The molecule has 0 fully saturated rings. The summed E-state index contributed by atoms with van der Waals surface area (Å²) in [5.41, 5.74) is 1.04. The molecule has 0 unspecified atom stereocenters. The van der Waals surface area contributed by atoms with Crippen LogP contribution in [0.25, 0.3) is 0 Å². The molecular weight excluding hydrogens is 258 g/mol. The fraction of sp³-hybridized carbons (Fsp3) is 0.182. The molecule has 0 aliphatic carbocycles. The Bertz CT molecular complexity index is 432. The van der Waals surface area contributed by atoms with Gasteiger partial charge in [0, 0.05) is 10.0 Å². The van der Waals surface area contributed by atoms with Gasteiger partial charge in [-0.3, -0.25) is 0 Å². The molecule has 0 saturated carbocycles. The van der Waals surface area contributed by atoms with Crippen LogP contribution in [0.4, 0.5) is 0 Å². The van der Waals surface area contributed by atoms with Crippen LogP contribution in [-0.4, -0.2) is 24.7 Å². The quantitative estimate of drug-likeness (QED) is 0.803. The van der Waals surface area contributed by atoms with Gasteiger partial charge >= 0.3 is 5.97 Å². The van der Waals surface area contributed by atoms with Gasteiger partial charge < -0.3 is 10.4 Å². The number of rotatable bonds is 2. The van der Waals surface area contributed by atoms with Crippen molar-refractivity contribution in [3.8, 4) is 11.8 Å². The van der Waals surface area contributed by atoms with E-state index in [2.05, 4.69) is 33.1 Å². The second-order valence-corrected chi connectivity index (χ2v) is 3.69. The summed E-state index contributed by atoms with van der Waals surface area (Å²) in [6.07, 6.45) is 0. The molecule has 0 saturated heterocycles. The SMILES string of the molecule is CNCC#Cc1ccc(C(=O)O)cc1Br. The number of carboxylic acids is 1. The van der Waals surface area contributed by atoms with Crippen molar-refractivity contribution in [2.75, 3.05) is 13.6 Å². The van der Waals surface area contributed by atoms with E-state index >= 15 is 0 Å². The van der Waals surface area contributed by atoms with Crippen LogP contribution in [0, 0.1) is 11.8 Å². The highest BCUT2D eigenvalue weighted by Crippen LogP contribution is 2.17. The van der Waals surface area contributed by atoms with Gasteiger partial charge in [0.15, 0.2) is 0 Å². The molecule has 0 atom stereocenters. The molecule has 0 amide bonds. The zero-order valence-electron chi connectivity index (χ0n) is 8.17. The summed E-state index contributed by atoms with van der Waals surface area (Å²) in [5.74, 6) is 4.89. The third-order valence-electron chi connectivity index (χ3n) is 1.70. The smallest absolute Gasteiger partial charge is 0.335 e. The number of aromatic carboxylic acids is 1. The van der Waals surface area contributed by atoms with Gasteiger partial charge in [0.2, 0.25) is 0 Å². The van der Waals surface area contributed by atoms with Crippen LogP contribution < -0.4 is 5.32 Å². The van der Waals surface area contributed by atoms with Gasteiger partial charge in [0.1, 0.15) is 0 Å². The molecule has 1 rings (SSSR count). The van der Waals surface area contributed by atoms with Crippen LogP contribution in [0.2, 0.25) is 0 Å². The van der Waals surface area contributed by atoms with Crippen molar-refractivity contribution in [2.45, 2.75) is 0 Å². The molecule has 15 heavy (non-hydrogen) atoms. The lowest BCUT2D eigenvalue weighted by Gasteiger charge is -1.98. The molecule has 0 aliphatic heterocycles. The van der Waals surface area contributed by atoms with Crippen LogP contribution in [0.1, 0.15) is 15.9 Å². The van der Waals surface area contributed by atoms with E-state index < -0.39 is 5.97 Å². The molecule has 0 aliphatic rings. The number of benzene rings is 1. The summed E-state index contributed by atoms with van der Waals surface area (Å²) in [4.78, 5) is 10.7. The lowest BCUT2D eigenvalue weighted by Crippen LogP contribution is -2.04. The summed E-state index contributed by atoms with van der Waals surface area (Å²) in [5, 5.41) is 11.7. The van der Waals surface area contributed by atoms with Crippen molar-refractivity contribution in [3.05, 3.63) is 33.8 Å². The topological polar surface area (TPSA) is 49.3 Å². The van der Waals surface area contributed by atoms with E-state index in [4.69, 9.17) is 5.11 Å². The molecule has 0 heterocycles. The fourth-order valence-electron chi connectivity index (χ4n) is 0.977. The van der Waals surface area contributed by atoms with Crippen LogP contribution >= 0.6 is 15.9 Å². The highest BCUT2D eigenvalue weighted by Gasteiger charge is 2.04. The molecule has 4 heteroatoms. The van der Waals surface area contributed by atoms with E-state index in [-0.39, 0.29) is 5.56 Å². The van der Waals surface area contributed by atoms with Crippen LogP contribution in [0.3, 0.4) is 0 Å². The summed E-state index contributed by atoms with van der Waals surface area (Å²) in [7, 11) is 1.82. The number of halogens is 1. The first-order valence-electron chi connectivity index (χ1n) is 4.31. The van der Waals surface area contributed by atoms with Crippen molar-refractivity contribution >= 4 is 21.9 Å². The van der Waals surface area contributed by atoms with Crippen LogP contribution in [0.5, 0.6) is 0 Å². The van der Waals surface area contributed by atoms with Gasteiger partial charge in [0.25, 0.3) is 0 Å². The molecule has 0 radical (unpaired) electrons. The standard InChI is InChI=1S/C11H10BrNO2/c1-13-6-2-3-8-4-5-9(11(14)15)7-10(8)12/h4-5,7,13H,6H2,1H3,(H,14,15). The Balaban J connectivity index is 2.95. The average molecular weight is 268 g/mol. The molecule has 0 aromatic heterocycles. The van der Waals surface area contributed by atoms with E-state index in [1.54, 1.807) is 12.1 Å². The Morgan fingerprint density at radius 2 is 2.33 bits per heavy atom. The van der Waals surface area contributed by atoms with Gasteiger partial charge in [-0.1, -0.05) is 11.8 Å². The van der Waals surface area contributed by atoms with Crippen LogP contribution in [0.15, 0.2) is 22.7 Å². The lowest BCUT2D eigenvalue weighted by molar-refractivity contribution is 0.0697. The number of carboxylic acid groups (broad SMARTS) is 1. The number of nitrogens with one attached hydrogen (secondary N) is 1. The Morgan fingerprint density at radius 3 is 2.87 bits per heavy atom. The van der Waals surface area contributed by atoms with Gasteiger partial charge in [-0.2, -0.15) is 0 Å². The Morgan fingerprint density at radius 1 is 1.60 bits per heavy atom. The molecule has 3 nitrogen and oxygen atoms in total. The minimum atomic E-state index is -0.939. The molecule has 0 spiro atoms. The first kappa shape index (κ1) is 11.8. The minimum Gasteiger partial charge on any atom is -0.478 e. The molecule has 1 aromatic rings. The van der Waals surface area contributed by atoms with Gasteiger partial charge in [0.05, 0.1) is 12.1 Å². The Hall–Kier alpha value is -1.31. The first-order chi connectivity index (χ1) is 7.15. The van der Waals surface area contributed by atoms with E-state index in [1.807, 2.05) is 7.05 Å². The van der Waals surface area contributed by atoms with Gasteiger partial charge in [-0.05, 0) is 41.2 Å². The summed E-state index contributed by atoms with van der Waals surface area (Å²) < 4.78 is 0.700. The van der Waals surface area contributed by atoms with Gasteiger partial charge in [-0.15, -0.1) is 0 Å². The lowest BCUT2D eigenvalue weighted by atomic mass is 10.1. The third kappa shape index (κ3) is 3.39. The predicted molar refractivity (Wildman–Crippen MR) is 61.9 cm³/mol. The normalized spacial score (nSPS) is 9.20. The van der Waals surface area contributed by atoms with Crippen molar-refractivity contribution in [3.63, 3.8) is 0 Å². The maximum atomic E-state index is 10.7. The molecular formula is C11H10BrNO2. The maximum absolute atomic E-state index is 10.7. The third-order valence-corrected chi connectivity index (χ3v) is 2.36. The number of hydrogen-bond donors (Lipinski definition) is 2. The highest BCUT2D eigenvalue weighted by atomic mass is 79.9. The molecule has 78 valence electrons. The Kier molecular flexibility index (Phi) is 4.35. The van der Waals surface area contributed by atoms with Crippen molar-refractivity contribution in [2.24, 2.45) is 0 Å². The molecule has 0 bridgehead atoms. The van der Waals surface area contributed by atoms with Crippen LogP contribution in [-0.2, 0) is 0 Å². The first-order valence-corrected chi connectivity index (χ1v) is 5.10. The maximum Gasteiger partial charge on any atom is 0.335 e. The number of hydrogen-bond acceptors (Lipinski definition) is 2. The largest absolute Gasteiger partial charge is 0.478 e. The van der Waals surface area contributed by atoms with E-state index in [0.717, 1.165) is 5.56 Å². The van der Waals surface area contributed by atoms with E-state index in [1.165, 1.54) is 6.07 Å². The zero-order valence-corrected chi connectivity index (χ0v) is 9.76.